The second-order valence-electron chi connectivity index (χ2n) is 25.3. The summed E-state index contributed by atoms with van der Waals surface area (Å²) in [7, 11) is 0. The van der Waals surface area contributed by atoms with Crippen LogP contribution in [0.1, 0.15) is 108 Å². The van der Waals surface area contributed by atoms with Gasteiger partial charge in [0.1, 0.15) is 79.4 Å². The van der Waals surface area contributed by atoms with Crippen LogP contribution in [0, 0.1) is 50.2 Å². The van der Waals surface area contributed by atoms with Gasteiger partial charge in [0.05, 0.1) is 37.4 Å². The van der Waals surface area contributed by atoms with Gasteiger partial charge in [-0.1, -0.05) is 66.2 Å². The van der Waals surface area contributed by atoms with Gasteiger partial charge in [0, 0.05) is 17.9 Å². The van der Waals surface area contributed by atoms with E-state index in [0.29, 0.717) is 38.5 Å². The molecule has 0 amide bonds. The van der Waals surface area contributed by atoms with Crippen LogP contribution in [0.15, 0.2) is 23.3 Å². The Hall–Kier alpha value is -2.79. The van der Waals surface area contributed by atoms with E-state index < -0.39 is 193 Å². The van der Waals surface area contributed by atoms with Crippen LogP contribution in [-0.4, -0.2) is 216 Å². The fourth-order valence-corrected chi connectivity index (χ4v) is 16.0. The summed E-state index contributed by atoms with van der Waals surface area (Å²) in [5, 5.41) is 133. The minimum atomic E-state index is -2.13. The fraction of sp³-hybridized carbons (Fsp3) is 0.870. The number of carbonyl (C=O) groups excluding carboxylic acids is 2. The molecule has 23 nitrogen and oxygen atoms in total. The van der Waals surface area contributed by atoms with Crippen molar-refractivity contribution in [3.05, 3.63) is 23.3 Å². The highest BCUT2D eigenvalue weighted by Gasteiger charge is 2.77. The monoisotopic (exact) mass is 1100 g/mol. The van der Waals surface area contributed by atoms with E-state index in [1.165, 1.54) is 6.92 Å². The number of carbonyl (C=O) groups is 3. The molecule has 3 aliphatic heterocycles. The summed E-state index contributed by atoms with van der Waals surface area (Å²) in [6.45, 7) is 16.5. The third-order valence-electron chi connectivity index (χ3n) is 20.6. The molecule has 7 fully saturated rings. The van der Waals surface area contributed by atoms with Gasteiger partial charge in [-0.05, 0) is 91.8 Å². The van der Waals surface area contributed by atoms with Crippen molar-refractivity contribution >= 4 is 17.9 Å². The molecule has 0 aromatic carbocycles. The first-order valence-electron chi connectivity index (χ1n) is 27.0. The highest BCUT2D eigenvalue weighted by atomic mass is 16.8. The predicted octanol–water partition coefficient (Wildman–Crippen LogP) is -0.684. The molecule has 5 aliphatic carbocycles. The van der Waals surface area contributed by atoms with Crippen molar-refractivity contribution in [1.82, 2.24) is 0 Å². The van der Waals surface area contributed by atoms with E-state index in [0.717, 1.165) is 5.57 Å². The minimum absolute atomic E-state index is 0.156. The number of hydrogen-bond donors (Lipinski definition) is 12. The highest BCUT2D eigenvalue weighted by Crippen LogP contribution is 2.76. The molecule has 0 spiro atoms. The van der Waals surface area contributed by atoms with Crippen molar-refractivity contribution in [3.8, 4) is 0 Å². The van der Waals surface area contributed by atoms with Crippen LogP contribution in [0.2, 0.25) is 0 Å². The van der Waals surface area contributed by atoms with E-state index in [4.69, 9.17) is 37.9 Å². The Morgan fingerprint density at radius 1 is 0.714 bits per heavy atom. The lowest BCUT2D eigenvalue weighted by Gasteiger charge is -2.73. The van der Waals surface area contributed by atoms with Crippen molar-refractivity contribution in [2.75, 3.05) is 19.8 Å². The molecular weight excluding hydrogens is 1020 g/mol. The van der Waals surface area contributed by atoms with Gasteiger partial charge in [-0.25, -0.2) is 9.59 Å². The first kappa shape index (κ1) is 60.3. The highest BCUT2D eigenvalue weighted by molar-refractivity contribution is 5.87. The van der Waals surface area contributed by atoms with E-state index in [1.54, 1.807) is 19.9 Å². The van der Waals surface area contributed by atoms with Gasteiger partial charge in [0.15, 0.2) is 25.0 Å². The lowest BCUT2D eigenvalue weighted by Crippen LogP contribution is -2.76. The zero-order chi connectivity index (χ0) is 57.0. The zero-order valence-electron chi connectivity index (χ0n) is 45.6. The number of hydrogen-bond acceptors (Lipinski definition) is 22. The second-order valence-corrected chi connectivity index (χ2v) is 25.3. The standard InChI is InChI=1S/C54H84O23/c1-11-22(2)45(69)77-43-40(65)49(4,5)18-25-24-12-13-29-51(8)16-15-30(50(6,7)28(51)14-17-52(29,9)53(24,10)42(71-23(3)57)41(66)54(25,43)21-56)73-48-39(76-47-35(63)33(61)32(60)27(19-55)72-47)37(36(64)38(75-48)44(67)68)74-46-34(62)31(59)26(58)20-70-46/h11-12,25-43,46-48,55-56,58-66H,13-21H2,1-10H3,(H,67,68). The summed E-state index contributed by atoms with van der Waals surface area (Å²) in [5.41, 5.74) is -4.60. The van der Waals surface area contributed by atoms with Gasteiger partial charge >= 0.3 is 17.9 Å². The smallest absolute Gasteiger partial charge is 0.335 e. The molecule has 0 aromatic rings. The van der Waals surface area contributed by atoms with Crippen molar-refractivity contribution < 1.29 is 114 Å². The number of allylic oxidation sites excluding steroid dienone is 2. The summed E-state index contributed by atoms with van der Waals surface area (Å²) >= 11 is 0. The SMILES string of the molecule is CC=C(C)C(=O)OC1C(O)C(C)(C)CC2C3=CCC4C5(C)CCC(OC6OC(C(=O)O)C(O)C(OC7OCC(O)C(O)C7O)C6OC6OC(CO)C(O)C(O)C6O)C(C)(C)C5CCC4(C)C3(C)C(OC(C)=O)C(O)C21CO. The van der Waals surface area contributed by atoms with Gasteiger partial charge in [0.25, 0.3) is 0 Å². The Morgan fingerprint density at radius 2 is 1.36 bits per heavy atom. The Kier molecular flexibility index (Phi) is 16.8. The van der Waals surface area contributed by atoms with Crippen LogP contribution in [0.4, 0.5) is 0 Å². The molecule has 8 aliphatic rings. The first-order chi connectivity index (χ1) is 35.8. The molecule has 0 aromatic heterocycles. The van der Waals surface area contributed by atoms with Gasteiger partial charge in [-0.15, -0.1) is 0 Å². The molecule has 0 radical (unpaired) electrons. The molecule has 77 heavy (non-hydrogen) atoms. The number of carboxylic acid groups (broad SMARTS) is 1. The Bertz CT molecular complexity index is 2250. The van der Waals surface area contributed by atoms with Crippen LogP contribution in [-0.2, 0) is 52.3 Å². The zero-order valence-corrected chi connectivity index (χ0v) is 45.6. The molecule has 26 unspecified atom stereocenters. The number of aliphatic hydroxyl groups excluding tert-OH is 11. The van der Waals surface area contributed by atoms with E-state index in [1.807, 2.05) is 34.6 Å². The number of esters is 2. The molecule has 3 heterocycles. The van der Waals surface area contributed by atoms with Gasteiger partial charge in [-0.2, -0.15) is 0 Å². The summed E-state index contributed by atoms with van der Waals surface area (Å²) in [5.74, 6) is -4.02. The Morgan fingerprint density at radius 3 is 1.97 bits per heavy atom. The van der Waals surface area contributed by atoms with Crippen LogP contribution < -0.4 is 0 Å². The van der Waals surface area contributed by atoms with Crippen molar-refractivity contribution in [2.24, 2.45) is 50.2 Å². The largest absolute Gasteiger partial charge is 0.479 e. The maximum absolute atomic E-state index is 13.6. The third-order valence-corrected chi connectivity index (χ3v) is 20.6. The van der Waals surface area contributed by atoms with Crippen LogP contribution in [0.25, 0.3) is 0 Å². The average Bonchev–Trinajstić information content (AvgIpc) is 3.57. The molecular formula is C54H84O23. The van der Waals surface area contributed by atoms with E-state index in [2.05, 4.69) is 19.9 Å². The maximum Gasteiger partial charge on any atom is 0.335 e. The quantitative estimate of drug-likeness (QED) is 0.0498. The van der Waals surface area contributed by atoms with E-state index >= 15 is 0 Å². The van der Waals surface area contributed by atoms with Crippen molar-refractivity contribution in [3.63, 3.8) is 0 Å². The van der Waals surface area contributed by atoms with E-state index in [-0.39, 0.29) is 17.4 Å². The molecule has 3 saturated heterocycles. The summed E-state index contributed by atoms with van der Waals surface area (Å²) in [4.78, 5) is 39.8. The third kappa shape index (κ3) is 9.45. The normalized spacial score (nSPS) is 50.4. The molecule has 8 rings (SSSR count). The maximum atomic E-state index is 13.6. The van der Waals surface area contributed by atoms with Gasteiger partial charge < -0.3 is 99.2 Å². The molecule has 26 atom stereocenters. The Labute approximate surface area is 448 Å². The molecule has 4 saturated carbocycles. The number of aliphatic carboxylic acids is 1. The topological polar surface area (TPSA) is 368 Å². The lowest BCUT2D eigenvalue weighted by molar-refractivity contribution is -0.392. The molecule has 12 N–H and O–H groups in total. The number of fused-ring (bicyclic) bond motifs is 7. The van der Waals surface area contributed by atoms with Crippen molar-refractivity contribution in [1.29, 1.82) is 0 Å². The second kappa shape index (κ2) is 21.5. The summed E-state index contributed by atoms with van der Waals surface area (Å²) in [6.07, 6.45) is -25.9. The van der Waals surface area contributed by atoms with Crippen molar-refractivity contribution in [2.45, 2.75) is 224 Å². The summed E-state index contributed by atoms with van der Waals surface area (Å²) < 4.78 is 48.8. The van der Waals surface area contributed by atoms with Crippen LogP contribution in [0.3, 0.4) is 0 Å². The van der Waals surface area contributed by atoms with Crippen LogP contribution in [0.5, 0.6) is 0 Å². The van der Waals surface area contributed by atoms with E-state index in [9.17, 15) is 75.7 Å². The average molecular weight is 1100 g/mol. The fourth-order valence-electron chi connectivity index (χ4n) is 16.0. The first-order valence-corrected chi connectivity index (χ1v) is 27.0. The molecule has 0 bridgehead atoms. The molecule has 23 heteroatoms. The van der Waals surface area contributed by atoms with Crippen LogP contribution >= 0.6 is 0 Å². The Balaban J connectivity index is 1.15. The summed E-state index contributed by atoms with van der Waals surface area (Å²) in [6, 6.07) is 0. The van der Waals surface area contributed by atoms with Gasteiger partial charge in [-0.3, -0.25) is 4.79 Å². The number of rotatable bonds is 12. The lowest BCUT2D eigenvalue weighted by atomic mass is 9.32. The predicted molar refractivity (Wildman–Crippen MR) is 263 cm³/mol. The number of ether oxygens (including phenoxy) is 8. The number of carboxylic acids is 1. The minimum Gasteiger partial charge on any atom is -0.479 e. The van der Waals surface area contributed by atoms with Gasteiger partial charge in [0.2, 0.25) is 0 Å². The molecule has 438 valence electrons. The number of aliphatic hydroxyl groups is 11.